The van der Waals surface area contributed by atoms with Crippen LogP contribution in [0.5, 0.6) is 0 Å². The summed E-state index contributed by atoms with van der Waals surface area (Å²) in [6, 6.07) is 11.8. The quantitative estimate of drug-likeness (QED) is 0.571. The van der Waals surface area contributed by atoms with Crippen molar-refractivity contribution in [1.29, 1.82) is 0 Å². The first-order valence-electron chi connectivity index (χ1n) is 8.99. The molecule has 0 bridgehead atoms. The summed E-state index contributed by atoms with van der Waals surface area (Å²) in [7, 11) is 0. The number of fused-ring (bicyclic) bond motifs is 1. The molecule has 3 rings (SSSR count). The van der Waals surface area contributed by atoms with E-state index >= 15 is 0 Å². The minimum atomic E-state index is 0.108. The van der Waals surface area contributed by atoms with Crippen molar-refractivity contribution in [1.82, 2.24) is 19.4 Å². The fourth-order valence-electron chi connectivity index (χ4n) is 3.06. The van der Waals surface area contributed by atoms with E-state index in [4.69, 9.17) is 4.98 Å². The fraction of sp³-hybridized carbons (Fsp3) is 0.350. The van der Waals surface area contributed by atoms with Gasteiger partial charge in [-0.1, -0.05) is 41.9 Å². The molecule has 136 valence electrons. The number of hydrogen-bond donors (Lipinski definition) is 0. The molecule has 0 fully saturated rings. The molecule has 5 nitrogen and oxygen atoms in total. The molecule has 0 aliphatic heterocycles. The summed E-state index contributed by atoms with van der Waals surface area (Å²) < 4.78 is 2.94. The summed E-state index contributed by atoms with van der Waals surface area (Å²) in [5, 5.41) is 0. The molecule has 0 saturated heterocycles. The number of carbonyl (C=O) groups excluding carboxylic acids is 1. The van der Waals surface area contributed by atoms with Crippen LogP contribution in [-0.4, -0.2) is 38.4 Å². The molecule has 2 aromatic heterocycles. The predicted octanol–water partition coefficient (Wildman–Crippen LogP) is 4.51. The molecule has 2 heterocycles. The van der Waals surface area contributed by atoms with E-state index in [0.29, 0.717) is 0 Å². The van der Waals surface area contributed by atoms with Crippen molar-refractivity contribution in [3.8, 4) is 11.4 Å². The molecule has 3 aromatic rings. The second kappa shape index (κ2) is 8.45. The molecule has 0 N–H and O–H groups in total. The summed E-state index contributed by atoms with van der Waals surface area (Å²) in [6.07, 6.45) is 3.65. The monoisotopic (exact) mass is 414 g/mol. The van der Waals surface area contributed by atoms with Crippen molar-refractivity contribution in [3.05, 3.63) is 47.1 Å². The van der Waals surface area contributed by atoms with E-state index < -0.39 is 0 Å². The molecule has 0 saturated carbocycles. The van der Waals surface area contributed by atoms with Crippen LogP contribution in [0.15, 0.2) is 47.1 Å². The molecular weight excluding hydrogens is 392 g/mol. The van der Waals surface area contributed by atoms with Crippen LogP contribution in [0.2, 0.25) is 0 Å². The minimum absolute atomic E-state index is 0.108. The first-order valence-corrected chi connectivity index (χ1v) is 9.78. The topological polar surface area (TPSA) is 51.0 Å². The van der Waals surface area contributed by atoms with Gasteiger partial charge in [0.25, 0.3) is 0 Å². The third-order valence-corrected chi connectivity index (χ3v) is 4.77. The molecule has 0 radical (unpaired) electrons. The second-order valence-electron chi connectivity index (χ2n) is 6.26. The highest BCUT2D eigenvalue weighted by molar-refractivity contribution is 9.10. The summed E-state index contributed by atoms with van der Waals surface area (Å²) in [5.41, 5.74) is 2.51. The zero-order valence-corrected chi connectivity index (χ0v) is 16.7. The highest BCUT2D eigenvalue weighted by Crippen LogP contribution is 2.25. The van der Waals surface area contributed by atoms with Gasteiger partial charge in [-0.15, -0.1) is 0 Å². The van der Waals surface area contributed by atoms with Gasteiger partial charge in [0.1, 0.15) is 17.9 Å². The van der Waals surface area contributed by atoms with Gasteiger partial charge in [-0.05, 0) is 37.1 Å². The maximum atomic E-state index is 12.9. The highest BCUT2D eigenvalue weighted by atomic mass is 79.9. The number of hydrogen-bond acceptors (Lipinski definition) is 3. The van der Waals surface area contributed by atoms with Gasteiger partial charge in [-0.2, -0.15) is 0 Å². The Bertz CT molecular complexity index is 882. The number of aromatic nitrogens is 3. The molecule has 26 heavy (non-hydrogen) atoms. The molecular formula is C20H23BrN4O. The molecule has 1 amide bonds. The van der Waals surface area contributed by atoms with Gasteiger partial charge in [0.15, 0.2) is 5.65 Å². The Hall–Kier alpha value is -2.21. The average Bonchev–Trinajstić information content (AvgIpc) is 3.01. The van der Waals surface area contributed by atoms with Gasteiger partial charge in [0, 0.05) is 29.3 Å². The number of halogens is 1. The molecule has 1 aromatic carbocycles. The Balaban J connectivity index is 2.01. The Morgan fingerprint density at radius 3 is 2.46 bits per heavy atom. The number of nitrogens with zero attached hydrogens (tertiary/aromatic N) is 4. The van der Waals surface area contributed by atoms with Crippen molar-refractivity contribution in [3.63, 3.8) is 0 Å². The lowest BCUT2D eigenvalue weighted by molar-refractivity contribution is -0.131. The zero-order chi connectivity index (χ0) is 18.5. The van der Waals surface area contributed by atoms with E-state index in [-0.39, 0.29) is 12.5 Å². The highest BCUT2D eigenvalue weighted by Gasteiger charge is 2.19. The number of rotatable bonds is 7. The first-order chi connectivity index (χ1) is 12.6. The zero-order valence-electron chi connectivity index (χ0n) is 15.2. The van der Waals surface area contributed by atoms with Gasteiger partial charge in [-0.25, -0.2) is 9.97 Å². The number of amides is 1. The maximum absolute atomic E-state index is 12.9. The SMILES string of the molecule is CCCN(CCC)C(=O)Cn1c(-c2ccc(Br)cc2)nc2cccnc21. The Morgan fingerprint density at radius 1 is 1.12 bits per heavy atom. The number of pyridine rings is 1. The molecule has 0 unspecified atom stereocenters. The van der Waals surface area contributed by atoms with Gasteiger partial charge < -0.3 is 4.90 Å². The Labute approximate surface area is 162 Å². The standard InChI is InChI=1S/C20H23BrN4O/c1-3-12-24(13-4-2)18(26)14-25-19(15-7-9-16(21)10-8-15)23-17-6-5-11-22-20(17)25/h5-11H,3-4,12-14H2,1-2H3. The van der Waals surface area contributed by atoms with Crippen molar-refractivity contribution in [2.24, 2.45) is 0 Å². The lowest BCUT2D eigenvalue weighted by Gasteiger charge is -2.22. The van der Waals surface area contributed by atoms with Crippen LogP contribution in [0.25, 0.3) is 22.6 Å². The van der Waals surface area contributed by atoms with Crippen LogP contribution in [0, 0.1) is 0 Å². The predicted molar refractivity (Wildman–Crippen MR) is 108 cm³/mol. The third-order valence-electron chi connectivity index (χ3n) is 4.24. The smallest absolute Gasteiger partial charge is 0.242 e. The van der Waals surface area contributed by atoms with Crippen molar-refractivity contribution in [2.45, 2.75) is 33.2 Å². The van der Waals surface area contributed by atoms with Gasteiger partial charge >= 0.3 is 0 Å². The average molecular weight is 415 g/mol. The lowest BCUT2D eigenvalue weighted by Crippen LogP contribution is -2.35. The van der Waals surface area contributed by atoms with Crippen LogP contribution >= 0.6 is 15.9 Å². The van der Waals surface area contributed by atoms with E-state index in [1.165, 1.54) is 0 Å². The van der Waals surface area contributed by atoms with Crippen molar-refractivity contribution in [2.75, 3.05) is 13.1 Å². The summed E-state index contributed by atoms with van der Waals surface area (Å²) in [6.45, 7) is 5.99. The molecule has 0 aliphatic rings. The Morgan fingerprint density at radius 2 is 1.81 bits per heavy atom. The number of benzene rings is 1. The van der Waals surface area contributed by atoms with Crippen molar-refractivity contribution >= 4 is 33.0 Å². The lowest BCUT2D eigenvalue weighted by atomic mass is 10.2. The number of imidazole rings is 1. The van der Waals surface area contributed by atoms with E-state index in [2.05, 4.69) is 34.8 Å². The molecule has 6 heteroatoms. The summed E-state index contributed by atoms with van der Waals surface area (Å²) >= 11 is 3.46. The van der Waals surface area contributed by atoms with E-state index in [9.17, 15) is 4.79 Å². The first kappa shape index (κ1) is 18.6. The van der Waals surface area contributed by atoms with E-state index in [1.54, 1.807) is 6.20 Å². The summed E-state index contributed by atoms with van der Waals surface area (Å²) in [5.74, 6) is 0.879. The fourth-order valence-corrected chi connectivity index (χ4v) is 3.33. The molecule has 0 aliphatic carbocycles. The van der Waals surface area contributed by atoms with Crippen LogP contribution in [0.1, 0.15) is 26.7 Å². The van der Waals surface area contributed by atoms with Crippen LogP contribution < -0.4 is 0 Å². The van der Waals surface area contributed by atoms with Crippen LogP contribution in [-0.2, 0) is 11.3 Å². The second-order valence-corrected chi connectivity index (χ2v) is 7.17. The maximum Gasteiger partial charge on any atom is 0.242 e. The van der Waals surface area contributed by atoms with Gasteiger partial charge in [0.05, 0.1) is 0 Å². The van der Waals surface area contributed by atoms with Gasteiger partial charge in [-0.3, -0.25) is 9.36 Å². The van der Waals surface area contributed by atoms with Gasteiger partial charge in [0.2, 0.25) is 5.91 Å². The van der Waals surface area contributed by atoms with E-state index in [1.807, 2.05) is 45.9 Å². The normalized spacial score (nSPS) is 11.0. The summed E-state index contributed by atoms with van der Waals surface area (Å²) in [4.78, 5) is 24.0. The number of carbonyl (C=O) groups is 1. The van der Waals surface area contributed by atoms with Crippen LogP contribution in [0.4, 0.5) is 0 Å². The minimum Gasteiger partial charge on any atom is -0.341 e. The molecule has 0 atom stereocenters. The largest absolute Gasteiger partial charge is 0.341 e. The third kappa shape index (κ3) is 3.96. The molecule has 0 spiro atoms. The van der Waals surface area contributed by atoms with E-state index in [0.717, 1.165) is 53.0 Å². The Kier molecular flexibility index (Phi) is 6.04. The van der Waals surface area contributed by atoms with Crippen LogP contribution in [0.3, 0.4) is 0 Å². The van der Waals surface area contributed by atoms with Crippen molar-refractivity contribution < 1.29 is 4.79 Å².